The molecule has 0 radical (unpaired) electrons. The fourth-order valence-electron chi connectivity index (χ4n) is 5.73. The fraction of sp³-hybridized carbons (Fsp3) is 0.344. The molecule has 4 aromatic rings. The van der Waals surface area contributed by atoms with Crippen molar-refractivity contribution in [2.24, 2.45) is 0 Å². The molecule has 214 valence electrons. The van der Waals surface area contributed by atoms with E-state index in [9.17, 15) is 4.79 Å². The van der Waals surface area contributed by atoms with E-state index in [1.54, 1.807) is 0 Å². The number of anilines is 2. The molecule has 41 heavy (non-hydrogen) atoms. The number of hydrogen-bond donors (Lipinski definition) is 1. The SMILES string of the molecule is CN1CCC(N(C)C(=O)c2ccc(Nc3nc4c(C5=CCN(Cc6ccccc6)CC5)cccn4n3)cc2)CC1.Cl. The van der Waals surface area contributed by atoms with Gasteiger partial charge in [0.25, 0.3) is 5.91 Å². The van der Waals surface area contributed by atoms with Gasteiger partial charge in [-0.25, -0.2) is 4.52 Å². The van der Waals surface area contributed by atoms with Gasteiger partial charge in [0.15, 0.2) is 5.65 Å². The molecule has 2 aromatic carbocycles. The molecule has 1 fully saturated rings. The molecular formula is C32H38ClN7O. The van der Waals surface area contributed by atoms with E-state index >= 15 is 0 Å². The molecule has 1 saturated heterocycles. The van der Waals surface area contributed by atoms with Crippen molar-refractivity contribution in [3.8, 4) is 0 Å². The summed E-state index contributed by atoms with van der Waals surface area (Å²) >= 11 is 0. The van der Waals surface area contributed by atoms with Crippen LogP contribution in [0.15, 0.2) is 79.0 Å². The predicted octanol–water partition coefficient (Wildman–Crippen LogP) is 5.35. The minimum absolute atomic E-state index is 0. The Kier molecular flexibility index (Phi) is 9.03. The number of benzene rings is 2. The monoisotopic (exact) mass is 571 g/mol. The fourth-order valence-corrected chi connectivity index (χ4v) is 5.73. The number of rotatable bonds is 7. The number of halogens is 1. The molecule has 0 aliphatic carbocycles. The summed E-state index contributed by atoms with van der Waals surface area (Å²) in [5.74, 6) is 0.608. The molecule has 6 rings (SSSR count). The van der Waals surface area contributed by atoms with Crippen LogP contribution in [-0.4, -0.2) is 81.5 Å². The summed E-state index contributed by atoms with van der Waals surface area (Å²) in [6.07, 6.45) is 7.26. The molecule has 0 atom stereocenters. The van der Waals surface area contributed by atoms with Crippen LogP contribution in [0.1, 0.15) is 40.7 Å². The van der Waals surface area contributed by atoms with Crippen LogP contribution in [0, 0.1) is 0 Å². The molecule has 8 nitrogen and oxygen atoms in total. The minimum atomic E-state index is 0. The molecule has 9 heteroatoms. The van der Waals surface area contributed by atoms with Crippen molar-refractivity contribution in [3.05, 3.63) is 95.7 Å². The van der Waals surface area contributed by atoms with Crippen LogP contribution < -0.4 is 5.32 Å². The average molecular weight is 572 g/mol. The third-order valence-electron chi connectivity index (χ3n) is 8.19. The first-order chi connectivity index (χ1) is 19.5. The van der Waals surface area contributed by atoms with E-state index in [1.165, 1.54) is 11.1 Å². The Bertz CT molecular complexity index is 1490. The molecule has 1 N–H and O–H groups in total. The Morgan fingerprint density at radius 1 is 1.00 bits per heavy atom. The van der Waals surface area contributed by atoms with E-state index in [1.807, 2.05) is 53.0 Å². The van der Waals surface area contributed by atoms with E-state index in [4.69, 9.17) is 4.98 Å². The summed E-state index contributed by atoms with van der Waals surface area (Å²) in [5.41, 5.74) is 6.17. The van der Waals surface area contributed by atoms with Gasteiger partial charge >= 0.3 is 0 Å². The molecular weight excluding hydrogens is 534 g/mol. The van der Waals surface area contributed by atoms with Crippen molar-refractivity contribution in [1.29, 1.82) is 0 Å². The normalized spacial score (nSPS) is 16.7. The van der Waals surface area contributed by atoms with Gasteiger partial charge in [-0.2, -0.15) is 4.98 Å². The van der Waals surface area contributed by atoms with Gasteiger partial charge in [-0.1, -0.05) is 36.4 Å². The summed E-state index contributed by atoms with van der Waals surface area (Å²) in [4.78, 5) is 24.6. The van der Waals surface area contributed by atoms with Crippen LogP contribution in [0.3, 0.4) is 0 Å². The number of piperidine rings is 1. The lowest BCUT2D eigenvalue weighted by Gasteiger charge is -2.35. The number of likely N-dealkylation sites (tertiary alicyclic amines) is 1. The number of hydrogen-bond acceptors (Lipinski definition) is 6. The summed E-state index contributed by atoms with van der Waals surface area (Å²) in [6, 6.07) is 22.7. The quantitative estimate of drug-likeness (QED) is 0.322. The summed E-state index contributed by atoms with van der Waals surface area (Å²) in [5, 5.41) is 7.99. The third kappa shape index (κ3) is 6.62. The number of amides is 1. The van der Waals surface area contributed by atoms with Crippen LogP contribution in [-0.2, 0) is 6.54 Å². The van der Waals surface area contributed by atoms with Gasteiger partial charge in [0, 0.05) is 55.7 Å². The first-order valence-electron chi connectivity index (χ1n) is 14.2. The Labute approximate surface area is 248 Å². The molecule has 2 aromatic heterocycles. The van der Waals surface area contributed by atoms with Crippen LogP contribution >= 0.6 is 12.4 Å². The summed E-state index contributed by atoms with van der Waals surface area (Å²) in [7, 11) is 4.06. The van der Waals surface area contributed by atoms with Crippen molar-refractivity contribution in [2.45, 2.75) is 31.8 Å². The highest BCUT2D eigenvalue weighted by Gasteiger charge is 2.25. The largest absolute Gasteiger partial charge is 0.339 e. The minimum Gasteiger partial charge on any atom is -0.339 e. The Balaban J connectivity index is 0.00000337. The van der Waals surface area contributed by atoms with Crippen molar-refractivity contribution in [3.63, 3.8) is 0 Å². The maximum atomic E-state index is 13.1. The number of fused-ring (bicyclic) bond motifs is 1. The van der Waals surface area contributed by atoms with Gasteiger partial charge in [0.05, 0.1) is 0 Å². The zero-order chi connectivity index (χ0) is 27.5. The van der Waals surface area contributed by atoms with Crippen molar-refractivity contribution < 1.29 is 4.79 Å². The van der Waals surface area contributed by atoms with Gasteiger partial charge in [-0.15, -0.1) is 17.5 Å². The predicted molar refractivity (Wildman–Crippen MR) is 167 cm³/mol. The van der Waals surface area contributed by atoms with Gasteiger partial charge in [-0.3, -0.25) is 9.69 Å². The van der Waals surface area contributed by atoms with E-state index < -0.39 is 0 Å². The summed E-state index contributed by atoms with van der Waals surface area (Å²) in [6.45, 7) is 4.96. The third-order valence-corrected chi connectivity index (χ3v) is 8.19. The standard InChI is InChI=1S/C32H37N7O.ClH/c1-36-19-16-28(17-20-36)37(2)31(40)26-10-12-27(13-11-26)33-32-34-30-29(9-6-18-39(30)35-32)25-14-21-38(22-15-25)23-24-7-4-3-5-8-24;/h3-14,18,28H,15-17,19-23H2,1-2H3,(H,33,35);1H. The zero-order valence-corrected chi connectivity index (χ0v) is 24.6. The van der Waals surface area contributed by atoms with Crippen LogP contribution in [0.4, 0.5) is 11.6 Å². The maximum Gasteiger partial charge on any atom is 0.253 e. The molecule has 0 spiro atoms. The van der Waals surface area contributed by atoms with Crippen molar-refractivity contribution in [1.82, 2.24) is 29.3 Å². The Morgan fingerprint density at radius 3 is 2.46 bits per heavy atom. The number of aromatic nitrogens is 3. The van der Waals surface area contributed by atoms with Crippen molar-refractivity contribution >= 4 is 41.2 Å². The van der Waals surface area contributed by atoms with Gasteiger partial charge < -0.3 is 15.1 Å². The highest BCUT2D eigenvalue weighted by Crippen LogP contribution is 2.27. The van der Waals surface area contributed by atoms with E-state index in [0.29, 0.717) is 17.6 Å². The lowest BCUT2D eigenvalue weighted by atomic mass is 10.00. The van der Waals surface area contributed by atoms with Gasteiger partial charge in [-0.05, 0) is 86.9 Å². The van der Waals surface area contributed by atoms with E-state index in [2.05, 4.69) is 69.7 Å². The number of nitrogens with one attached hydrogen (secondary N) is 1. The van der Waals surface area contributed by atoms with E-state index in [0.717, 1.165) is 68.9 Å². The van der Waals surface area contributed by atoms with Crippen LogP contribution in [0.25, 0.3) is 11.2 Å². The molecule has 2 aliphatic rings. The second-order valence-corrected chi connectivity index (χ2v) is 11.0. The number of carbonyl (C=O) groups excluding carboxylic acids is 1. The van der Waals surface area contributed by atoms with Gasteiger partial charge in [0.2, 0.25) is 5.95 Å². The molecule has 4 heterocycles. The molecule has 0 unspecified atom stereocenters. The highest BCUT2D eigenvalue weighted by atomic mass is 35.5. The first-order valence-corrected chi connectivity index (χ1v) is 14.2. The lowest BCUT2D eigenvalue weighted by Crippen LogP contribution is -2.44. The molecule has 0 bridgehead atoms. The van der Waals surface area contributed by atoms with Crippen molar-refractivity contribution in [2.75, 3.05) is 45.6 Å². The second-order valence-electron chi connectivity index (χ2n) is 11.0. The second kappa shape index (κ2) is 12.9. The van der Waals surface area contributed by atoms with Gasteiger partial charge in [0.1, 0.15) is 0 Å². The zero-order valence-electron chi connectivity index (χ0n) is 23.7. The number of carbonyl (C=O) groups is 1. The lowest BCUT2D eigenvalue weighted by molar-refractivity contribution is 0.0659. The van der Waals surface area contributed by atoms with E-state index in [-0.39, 0.29) is 18.3 Å². The van der Waals surface area contributed by atoms with Crippen LogP contribution in [0.5, 0.6) is 0 Å². The smallest absolute Gasteiger partial charge is 0.253 e. The Morgan fingerprint density at radius 2 is 1.76 bits per heavy atom. The maximum absolute atomic E-state index is 13.1. The molecule has 2 aliphatic heterocycles. The average Bonchev–Trinajstić information content (AvgIpc) is 3.41. The molecule has 0 saturated carbocycles. The molecule has 1 amide bonds. The number of pyridine rings is 1. The van der Waals surface area contributed by atoms with Crippen LogP contribution in [0.2, 0.25) is 0 Å². The topological polar surface area (TPSA) is 69.0 Å². The Hall–Kier alpha value is -3.72. The number of nitrogens with zero attached hydrogens (tertiary/aromatic N) is 6. The highest BCUT2D eigenvalue weighted by molar-refractivity contribution is 5.94. The summed E-state index contributed by atoms with van der Waals surface area (Å²) < 4.78 is 1.84. The first kappa shape index (κ1) is 28.8.